The van der Waals surface area contributed by atoms with E-state index in [0.717, 1.165) is 49.1 Å². The third-order valence-corrected chi connectivity index (χ3v) is 13.2. The number of nitrogens with one attached hydrogen (secondary N) is 1. The maximum absolute atomic E-state index is 11.8. The number of hydrogen-bond acceptors (Lipinski definition) is 15. The molecule has 8 nitrogen and oxygen atoms in total. The lowest BCUT2D eigenvalue weighted by Gasteiger charge is -2.05. The second-order valence-electron chi connectivity index (χ2n) is 5.70. The summed E-state index contributed by atoms with van der Waals surface area (Å²) in [4.78, 5) is 29.1. The Balaban J connectivity index is 3.23. The van der Waals surface area contributed by atoms with Crippen molar-refractivity contribution >= 4 is 122 Å². The van der Waals surface area contributed by atoms with E-state index in [1.54, 1.807) is 18.8 Å². The first-order valence-electron chi connectivity index (χ1n) is 10.3. The van der Waals surface area contributed by atoms with Crippen LogP contribution in [-0.4, -0.2) is 113 Å². The number of aliphatic imine (C=N–C) groups is 2. The molecule has 0 aromatic carbocycles. The monoisotopic (exact) mass is 661 g/mol. The summed E-state index contributed by atoms with van der Waals surface area (Å²) in [6, 6.07) is 0. The summed E-state index contributed by atoms with van der Waals surface area (Å²) in [6.45, 7) is 1.38. The van der Waals surface area contributed by atoms with Crippen LogP contribution in [0.2, 0.25) is 0 Å². The fourth-order valence-corrected chi connectivity index (χ4v) is 10.5. The van der Waals surface area contributed by atoms with Crippen molar-refractivity contribution in [1.82, 2.24) is 5.32 Å². The van der Waals surface area contributed by atoms with Gasteiger partial charge in [0.05, 0.1) is 28.8 Å². The average Bonchev–Trinajstić information content (AvgIpc) is 2.85. The second-order valence-corrected chi connectivity index (χ2v) is 16.9. The van der Waals surface area contributed by atoms with E-state index in [1.165, 1.54) is 35.5 Å². The molecule has 2 N–H and O–H groups in total. The molecule has 17 heteroatoms. The number of thioether (sulfide) groups is 8. The highest BCUT2D eigenvalue weighted by molar-refractivity contribution is 8.23. The van der Waals surface area contributed by atoms with Gasteiger partial charge in [-0.15, -0.1) is 58.8 Å². The summed E-state index contributed by atoms with van der Waals surface area (Å²) < 4.78 is 11.4. The fourth-order valence-electron chi connectivity index (χ4n) is 1.65. The summed E-state index contributed by atoms with van der Waals surface area (Å²) >= 11 is 13.6. The Bertz CT molecular complexity index is 566. The Hall–Kier alpha value is 1.48. The van der Waals surface area contributed by atoms with Crippen molar-refractivity contribution in [2.45, 2.75) is 0 Å². The molecule has 206 valence electrons. The van der Waals surface area contributed by atoms with Crippen LogP contribution in [0.5, 0.6) is 0 Å². The van der Waals surface area contributed by atoms with Crippen LogP contribution in [0.15, 0.2) is 9.98 Å². The molecule has 0 aromatic rings. The maximum atomic E-state index is 11.8. The van der Waals surface area contributed by atoms with Crippen molar-refractivity contribution < 1.29 is 23.9 Å². The number of aliphatic hydroxyl groups is 1. The van der Waals surface area contributed by atoms with Gasteiger partial charge in [-0.25, -0.2) is 0 Å². The quantitative estimate of drug-likeness (QED) is 0.0335. The lowest BCUT2D eigenvalue weighted by molar-refractivity contribution is -0.196. The largest absolute Gasteiger partial charge is 0.386 e. The number of carbonyl (C=O) groups is 1. The smallest absolute Gasteiger partial charge is 0.279 e. The standard InChI is InChI=1S/C18H35N3O5S9/c1-19-11-35(24)9-8-30-17-33-16-29-6-7-34-18(23)21-3-5-28-15-32-14-27-4-2-20-10-25-26-13-31-12-22/h10-11,22H,2-9,12-17H2,1H3,(H,21,23). The number of carbonyl (C=O) groups excluding carboxylic acids is 1. The summed E-state index contributed by atoms with van der Waals surface area (Å²) in [7, 11) is 0.710. The lowest BCUT2D eigenvalue weighted by Crippen LogP contribution is -2.22. The van der Waals surface area contributed by atoms with Crippen LogP contribution in [0.4, 0.5) is 4.79 Å². The third kappa shape index (κ3) is 31.6. The zero-order valence-corrected chi connectivity index (χ0v) is 27.1. The number of hydrogen-bond donors (Lipinski definition) is 2. The molecule has 0 aliphatic rings. The zero-order chi connectivity index (χ0) is 25.7. The molecule has 35 heavy (non-hydrogen) atoms. The van der Waals surface area contributed by atoms with Crippen molar-refractivity contribution in [3.8, 4) is 0 Å². The zero-order valence-electron chi connectivity index (χ0n) is 19.7. The first-order valence-corrected chi connectivity index (χ1v) is 20.8. The van der Waals surface area contributed by atoms with Gasteiger partial charge in [-0.05, 0) is 0 Å². The Labute approximate surface area is 246 Å². The molecular weight excluding hydrogens is 627 g/mol. The van der Waals surface area contributed by atoms with Crippen molar-refractivity contribution in [2.24, 2.45) is 9.98 Å². The molecule has 1 atom stereocenters. The number of aliphatic hydroxyl groups excluding tert-OH is 1. The van der Waals surface area contributed by atoms with E-state index in [-0.39, 0.29) is 17.1 Å². The number of amides is 1. The molecule has 0 rings (SSSR count). The van der Waals surface area contributed by atoms with Crippen LogP contribution in [0.3, 0.4) is 0 Å². The predicted molar refractivity (Wildman–Crippen MR) is 173 cm³/mol. The highest BCUT2D eigenvalue weighted by Gasteiger charge is 2.02. The fraction of sp³-hybridized carbons (Fsp3) is 0.833. The van der Waals surface area contributed by atoms with Crippen molar-refractivity contribution in [1.29, 1.82) is 0 Å². The minimum Gasteiger partial charge on any atom is -0.386 e. The first kappa shape index (κ1) is 36.5. The van der Waals surface area contributed by atoms with E-state index < -0.39 is 10.8 Å². The Morgan fingerprint density at radius 1 is 0.943 bits per heavy atom. The first-order chi connectivity index (χ1) is 17.2. The van der Waals surface area contributed by atoms with Crippen LogP contribution < -0.4 is 5.32 Å². The number of nitrogens with zero attached hydrogens (tertiary/aromatic N) is 2. The summed E-state index contributed by atoms with van der Waals surface area (Å²) in [5.41, 5.74) is 1.50. The third-order valence-electron chi connectivity index (χ3n) is 3.07. The van der Waals surface area contributed by atoms with Crippen LogP contribution in [-0.2, 0) is 20.6 Å². The van der Waals surface area contributed by atoms with E-state index in [0.29, 0.717) is 18.8 Å². The van der Waals surface area contributed by atoms with Crippen molar-refractivity contribution in [3.05, 3.63) is 0 Å². The van der Waals surface area contributed by atoms with Crippen LogP contribution >= 0.6 is 94.1 Å². The number of rotatable bonds is 26. The van der Waals surface area contributed by atoms with Gasteiger partial charge in [0.15, 0.2) is 0 Å². The van der Waals surface area contributed by atoms with Crippen LogP contribution in [0, 0.1) is 0 Å². The predicted octanol–water partition coefficient (Wildman–Crippen LogP) is 4.68. The average molecular weight is 662 g/mol. The summed E-state index contributed by atoms with van der Waals surface area (Å²) in [5.74, 6) is 5.46. The van der Waals surface area contributed by atoms with E-state index in [9.17, 15) is 9.00 Å². The second kappa shape index (κ2) is 31.7. The molecule has 1 unspecified atom stereocenters. The van der Waals surface area contributed by atoms with Gasteiger partial charge in [-0.1, -0.05) is 11.8 Å². The van der Waals surface area contributed by atoms with Gasteiger partial charge in [0.1, 0.15) is 5.94 Å². The molecule has 0 spiro atoms. The van der Waals surface area contributed by atoms with Gasteiger partial charge in [0.25, 0.3) is 5.24 Å². The molecular formula is C18H35N3O5S9. The molecule has 0 fully saturated rings. The van der Waals surface area contributed by atoms with E-state index in [2.05, 4.69) is 15.3 Å². The molecule has 0 saturated carbocycles. The lowest BCUT2D eigenvalue weighted by atomic mass is 10.8. The van der Waals surface area contributed by atoms with Gasteiger partial charge in [0.2, 0.25) is 6.40 Å². The van der Waals surface area contributed by atoms with Gasteiger partial charge in [-0.2, -0.15) is 28.4 Å². The molecule has 0 radical (unpaired) electrons. The molecule has 0 aromatic heterocycles. The van der Waals surface area contributed by atoms with Crippen molar-refractivity contribution in [2.75, 3.05) is 86.9 Å². The molecule has 0 aliphatic carbocycles. The minimum atomic E-state index is -0.931. The highest BCUT2D eigenvalue weighted by atomic mass is 32.2. The van der Waals surface area contributed by atoms with E-state index >= 15 is 0 Å². The molecule has 0 heterocycles. The van der Waals surface area contributed by atoms with Crippen LogP contribution in [0.1, 0.15) is 0 Å². The normalized spacial score (nSPS) is 12.5. The maximum Gasteiger partial charge on any atom is 0.279 e. The Kier molecular flexibility index (Phi) is 33.0. The molecule has 1 amide bonds. The Morgan fingerprint density at radius 3 is 2.34 bits per heavy atom. The van der Waals surface area contributed by atoms with Gasteiger partial charge in [-0.3, -0.25) is 19.0 Å². The van der Waals surface area contributed by atoms with E-state index in [1.807, 2.05) is 58.8 Å². The summed E-state index contributed by atoms with van der Waals surface area (Å²) in [5, 5.41) is 15.6. The molecule has 0 saturated heterocycles. The summed E-state index contributed by atoms with van der Waals surface area (Å²) in [6.07, 6.45) is 1.28. The SMILES string of the molecule is CN=CS(=O)CCSCSCSCCSC(=O)NCCSCSCSCCN=COOCSCO. The van der Waals surface area contributed by atoms with Crippen molar-refractivity contribution in [3.63, 3.8) is 0 Å². The van der Waals surface area contributed by atoms with Gasteiger partial charge >= 0.3 is 0 Å². The minimum absolute atomic E-state index is 0.00454. The van der Waals surface area contributed by atoms with Crippen LogP contribution in [0.25, 0.3) is 0 Å². The molecule has 0 aliphatic heterocycles. The van der Waals surface area contributed by atoms with Gasteiger partial charge < -0.3 is 15.3 Å². The Morgan fingerprint density at radius 2 is 1.63 bits per heavy atom. The topological polar surface area (TPSA) is 110 Å². The van der Waals surface area contributed by atoms with E-state index in [4.69, 9.17) is 14.9 Å². The van der Waals surface area contributed by atoms with Gasteiger partial charge in [0, 0.05) is 68.4 Å². The molecule has 0 bridgehead atoms. The highest BCUT2D eigenvalue weighted by Crippen LogP contribution is 2.19.